The van der Waals surface area contributed by atoms with Crippen molar-refractivity contribution in [1.82, 2.24) is 0 Å². The Hall–Kier alpha value is -1.22. The normalized spacial score (nSPS) is 17.5. The maximum Gasteiger partial charge on any atom is 0.196 e. The molecule has 1 atom stereocenters. The molecule has 0 spiro atoms. The second-order valence-electron chi connectivity index (χ2n) is 6.24. The molecule has 3 nitrogen and oxygen atoms in total. The van der Waals surface area contributed by atoms with Gasteiger partial charge in [0.1, 0.15) is 5.75 Å². The first-order valence-corrected chi connectivity index (χ1v) is 8.21. The lowest BCUT2D eigenvalue weighted by atomic mass is 9.87. The molecule has 0 N–H and O–H groups in total. The van der Waals surface area contributed by atoms with E-state index in [9.17, 15) is 0 Å². The monoisotopic (exact) mass is 291 g/mol. The van der Waals surface area contributed by atoms with Gasteiger partial charge in [0.15, 0.2) is 6.29 Å². The summed E-state index contributed by atoms with van der Waals surface area (Å²) in [5.41, 5.74) is 1.17. The Bertz CT molecular complexity index is 396. The van der Waals surface area contributed by atoms with Crippen LogP contribution in [0.15, 0.2) is 24.3 Å². The van der Waals surface area contributed by atoms with Gasteiger partial charge in [-0.25, -0.2) is 0 Å². The molecule has 1 fully saturated rings. The van der Waals surface area contributed by atoms with Crippen molar-refractivity contribution in [2.75, 3.05) is 25.6 Å². The molecule has 1 unspecified atom stereocenters. The van der Waals surface area contributed by atoms with E-state index >= 15 is 0 Å². The number of rotatable bonds is 7. The molecule has 0 heterocycles. The van der Waals surface area contributed by atoms with Crippen LogP contribution in [0.1, 0.15) is 45.4 Å². The van der Waals surface area contributed by atoms with Crippen LogP contribution >= 0.6 is 0 Å². The van der Waals surface area contributed by atoms with Gasteiger partial charge >= 0.3 is 0 Å². The lowest BCUT2D eigenvalue weighted by molar-refractivity contribution is -0.0711. The van der Waals surface area contributed by atoms with Crippen molar-refractivity contribution in [3.63, 3.8) is 0 Å². The van der Waals surface area contributed by atoms with E-state index in [-0.39, 0.29) is 6.29 Å². The van der Waals surface area contributed by atoms with Crippen LogP contribution in [0.4, 0.5) is 5.69 Å². The van der Waals surface area contributed by atoms with E-state index < -0.39 is 0 Å². The van der Waals surface area contributed by atoms with Gasteiger partial charge in [0.2, 0.25) is 0 Å². The van der Waals surface area contributed by atoms with Crippen LogP contribution in [0.2, 0.25) is 0 Å². The molecule has 2 rings (SSSR count). The summed E-state index contributed by atoms with van der Waals surface area (Å²) in [5, 5.41) is 0. The quantitative estimate of drug-likeness (QED) is 0.692. The number of anilines is 1. The van der Waals surface area contributed by atoms with Crippen molar-refractivity contribution < 1.29 is 9.47 Å². The van der Waals surface area contributed by atoms with E-state index in [2.05, 4.69) is 17.0 Å². The van der Waals surface area contributed by atoms with Crippen LogP contribution in [0.5, 0.6) is 5.75 Å². The van der Waals surface area contributed by atoms with Crippen molar-refractivity contribution in [3.05, 3.63) is 24.3 Å². The summed E-state index contributed by atoms with van der Waals surface area (Å²) in [4.78, 5) is 2.08. The van der Waals surface area contributed by atoms with Crippen molar-refractivity contribution in [2.24, 2.45) is 5.92 Å². The standard InChI is InChI=1S/C18H29NO2/c1-15(20-14-13-16-7-5-4-6-8-16)21-18-11-9-17(10-12-18)19(2)3/h9-12,15-16H,4-8,13-14H2,1-3H3. The molecule has 1 saturated carbocycles. The molecule has 0 amide bonds. The first kappa shape index (κ1) is 16.2. The molecule has 3 heteroatoms. The molecule has 0 aromatic heterocycles. The van der Waals surface area contributed by atoms with Gasteiger partial charge in [-0.05, 0) is 43.5 Å². The fraction of sp³-hybridized carbons (Fsp3) is 0.667. The molecule has 118 valence electrons. The highest BCUT2D eigenvalue weighted by molar-refractivity contribution is 5.47. The third kappa shape index (κ3) is 5.58. The molecule has 1 aromatic rings. The second kappa shape index (κ2) is 8.28. The molecule has 0 bridgehead atoms. The summed E-state index contributed by atoms with van der Waals surface area (Å²) in [6.45, 7) is 2.78. The zero-order valence-corrected chi connectivity index (χ0v) is 13.7. The van der Waals surface area contributed by atoms with Crippen LogP contribution in [0.3, 0.4) is 0 Å². The molecule has 21 heavy (non-hydrogen) atoms. The lowest BCUT2D eigenvalue weighted by Gasteiger charge is -2.22. The van der Waals surface area contributed by atoms with Gasteiger partial charge in [0, 0.05) is 19.8 Å². The van der Waals surface area contributed by atoms with Gasteiger partial charge in [-0.15, -0.1) is 0 Å². The van der Waals surface area contributed by atoms with Crippen LogP contribution in [-0.2, 0) is 4.74 Å². The van der Waals surface area contributed by atoms with Gasteiger partial charge in [0.25, 0.3) is 0 Å². The van der Waals surface area contributed by atoms with E-state index in [0.717, 1.165) is 18.3 Å². The Balaban J connectivity index is 1.67. The number of nitrogens with zero attached hydrogens (tertiary/aromatic N) is 1. The summed E-state index contributed by atoms with van der Waals surface area (Å²) in [5.74, 6) is 1.73. The van der Waals surface area contributed by atoms with Crippen molar-refractivity contribution >= 4 is 5.69 Å². The Labute approximate surface area is 129 Å². The summed E-state index contributed by atoms with van der Waals surface area (Å²) in [7, 11) is 4.07. The molecular formula is C18H29NO2. The van der Waals surface area contributed by atoms with Crippen LogP contribution in [0, 0.1) is 5.92 Å². The van der Waals surface area contributed by atoms with Crippen LogP contribution < -0.4 is 9.64 Å². The predicted molar refractivity (Wildman–Crippen MR) is 88.0 cm³/mol. The molecule has 1 aliphatic carbocycles. The first-order valence-electron chi connectivity index (χ1n) is 8.21. The minimum atomic E-state index is -0.182. The average molecular weight is 291 g/mol. The largest absolute Gasteiger partial charge is 0.465 e. The summed E-state index contributed by atoms with van der Waals surface area (Å²) >= 11 is 0. The topological polar surface area (TPSA) is 21.7 Å². The average Bonchev–Trinajstić information content (AvgIpc) is 2.49. The summed E-state index contributed by atoms with van der Waals surface area (Å²) in [6.07, 6.45) is 7.96. The Morgan fingerprint density at radius 2 is 1.76 bits per heavy atom. The summed E-state index contributed by atoms with van der Waals surface area (Å²) < 4.78 is 11.6. The van der Waals surface area contributed by atoms with Crippen molar-refractivity contribution in [3.8, 4) is 5.75 Å². The van der Waals surface area contributed by atoms with Gasteiger partial charge in [0.05, 0.1) is 6.61 Å². The number of benzene rings is 1. The van der Waals surface area contributed by atoms with Crippen molar-refractivity contribution in [1.29, 1.82) is 0 Å². The van der Waals surface area contributed by atoms with Crippen LogP contribution in [0.25, 0.3) is 0 Å². The highest BCUT2D eigenvalue weighted by Gasteiger charge is 2.14. The smallest absolute Gasteiger partial charge is 0.196 e. The highest BCUT2D eigenvalue weighted by Crippen LogP contribution is 2.26. The third-order valence-electron chi connectivity index (χ3n) is 4.26. The first-order chi connectivity index (χ1) is 10.1. The number of ether oxygens (including phenoxy) is 2. The molecular weight excluding hydrogens is 262 g/mol. The minimum Gasteiger partial charge on any atom is -0.465 e. The zero-order chi connectivity index (χ0) is 15.1. The zero-order valence-electron chi connectivity index (χ0n) is 13.7. The number of hydrogen-bond acceptors (Lipinski definition) is 3. The molecule has 1 aliphatic rings. The van der Waals surface area contributed by atoms with E-state index in [1.165, 1.54) is 44.2 Å². The molecule has 1 aromatic carbocycles. The predicted octanol–water partition coefficient (Wildman–Crippen LogP) is 4.46. The Morgan fingerprint density at radius 1 is 1.10 bits per heavy atom. The van der Waals surface area contributed by atoms with Crippen molar-refractivity contribution in [2.45, 2.75) is 51.7 Å². The van der Waals surface area contributed by atoms with Gasteiger partial charge in [-0.1, -0.05) is 32.1 Å². The SMILES string of the molecule is CC(OCCC1CCCCC1)Oc1ccc(N(C)C)cc1. The van der Waals surface area contributed by atoms with E-state index in [4.69, 9.17) is 9.47 Å². The van der Waals surface area contributed by atoms with Gasteiger partial charge in [-0.2, -0.15) is 0 Å². The second-order valence-corrected chi connectivity index (χ2v) is 6.24. The molecule has 0 radical (unpaired) electrons. The maximum absolute atomic E-state index is 5.80. The van der Waals surface area contributed by atoms with Gasteiger partial charge in [-0.3, -0.25) is 0 Å². The minimum absolute atomic E-state index is 0.182. The molecule has 0 saturated heterocycles. The summed E-state index contributed by atoms with van der Waals surface area (Å²) in [6, 6.07) is 8.11. The number of hydrogen-bond donors (Lipinski definition) is 0. The fourth-order valence-electron chi connectivity index (χ4n) is 2.92. The fourth-order valence-corrected chi connectivity index (χ4v) is 2.92. The third-order valence-corrected chi connectivity index (χ3v) is 4.26. The van der Waals surface area contributed by atoms with Crippen LogP contribution in [-0.4, -0.2) is 27.0 Å². The Morgan fingerprint density at radius 3 is 2.38 bits per heavy atom. The Kier molecular flexibility index (Phi) is 6.37. The lowest BCUT2D eigenvalue weighted by Crippen LogP contribution is -2.19. The maximum atomic E-state index is 5.80. The van der Waals surface area contributed by atoms with E-state index in [1.807, 2.05) is 33.2 Å². The van der Waals surface area contributed by atoms with E-state index in [0.29, 0.717) is 0 Å². The van der Waals surface area contributed by atoms with E-state index in [1.54, 1.807) is 0 Å². The molecule has 0 aliphatic heterocycles. The van der Waals surface area contributed by atoms with Gasteiger partial charge < -0.3 is 14.4 Å². The highest BCUT2D eigenvalue weighted by atomic mass is 16.7.